The molecule has 0 amide bonds. The van der Waals surface area contributed by atoms with Crippen LogP contribution >= 0.6 is 0 Å². The summed E-state index contributed by atoms with van der Waals surface area (Å²) < 4.78 is 0. The van der Waals surface area contributed by atoms with Crippen molar-refractivity contribution >= 4 is 0 Å². The normalized spacial score (nSPS) is 12.0. The molecule has 0 aliphatic carbocycles. The smallest absolute Gasteiger partial charge is 0.121 e. The second-order valence-electron chi connectivity index (χ2n) is 20.5. The molecule has 8 heteroatoms. The van der Waals surface area contributed by atoms with E-state index in [1.807, 2.05) is 180 Å². The summed E-state index contributed by atoms with van der Waals surface area (Å²) in [6, 6.07) is 38.7. The van der Waals surface area contributed by atoms with Crippen LogP contribution in [0.4, 0.5) is 0 Å². The zero-order chi connectivity index (χ0) is 52.5. The van der Waals surface area contributed by atoms with Gasteiger partial charge in [0.1, 0.15) is 46.0 Å². The van der Waals surface area contributed by atoms with Crippen LogP contribution in [0.5, 0.6) is 46.0 Å². The van der Waals surface area contributed by atoms with E-state index in [2.05, 4.69) is 0 Å². The zero-order valence-electron chi connectivity index (χ0n) is 43.3. The van der Waals surface area contributed by atoms with Crippen LogP contribution in [0, 0.1) is 83.1 Å². The van der Waals surface area contributed by atoms with Crippen molar-refractivity contribution in [2.75, 3.05) is 0 Å². The third-order valence-electron chi connectivity index (χ3n) is 15.5. The van der Waals surface area contributed by atoms with Crippen molar-refractivity contribution in [1.82, 2.24) is 0 Å². The Bertz CT molecular complexity index is 3140. The van der Waals surface area contributed by atoms with E-state index in [1.54, 1.807) is 24.3 Å². The quantitative estimate of drug-likeness (QED) is 0.0635. The lowest BCUT2D eigenvalue weighted by Gasteiger charge is -2.60. The summed E-state index contributed by atoms with van der Waals surface area (Å²) in [5.74, 6) is -0.836. The Morgan fingerprint density at radius 3 is 0.722 bits per heavy atom. The predicted molar refractivity (Wildman–Crippen MR) is 287 cm³/mol. The molecule has 0 aliphatic heterocycles. The van der Waals surface area contributed by atoms with Gasteiger partial charge in [-0.2, -0.15) is 0 Å². The Morgan fingerprint density at radius 1 is 0.236 bits per heavy atom. The van der Waals surface area contributed by atoms with Crippen molar-refractivity contribution < 1.29 is 40.9 Å². The molecule has 0 aromatic heterocycles. The Morgan fingerprint density at radius 2 is 0.444 bits per heavy atom. The average Bonchev–Trinajstić information content (AvgIpc) is 3.32. The van der Waals surface area contributed by atoms with Crippen molar-refractivity contribution in [1.29, 1.82) is 0 Å². The van der Waals surface area contributed by atoms with Gasteiger partial charge in [0.15, 0.2) is 0 Å². The Kier molecular flexibility index (Phi) is 13.1. The topological polar surface area (TPSA) is 162 Å². The van der Waals surface area contributed by atoms with Gasteiger partial charge in [0, 0.05) is 22.7 Å². The van der Waals surface area contributed by atoms with Gasteiger partial charge in [-0.05, 0) is 219 Å². The molecule has 0 atom stereocenters. The molecule has 8 rings (SSSR count). The van der Waals surface area contributed by atoms with Gasteiger partial charge in [0.25, 0.3) is 0 Å². The van der Waals surface area contributed by atoms with Crippen molar-refractivity contribution in [3.05, 3.63) is 233 Å². The second-order valence-corrected chi connectivity index (χ2v) is 20.5. The van der Waals surface area contributed by atoms with Crippen molar-refractivity contribution in [2.45, 2.75) is 106 Å². The fraction of sp³-hybridized carbons (Fsp3) is 0.250. The molecule has 0 unspecified atom stereocenters. The summed E-state index contributed by atoms with van der Waals surface area (Å²) in [5, 5.41) is 93.3. The van der Waals surface area contributed by atoms with Crippen LogP contribution in [0.1, 0.15) is 123 Å². The van der Waals surface area contributed by atoms with Crippen LogP contribution in [0.3, 0.4) is 0 Å². The lowest BCUT2D eigenvalue weighted by Crippen LogP contribution is -2.58. The average molecular weight is 963 g/mol. The number of aromatic hydroxyl groups is 8. The van der Waals surface area contributed by atoms with Gasteiger partial charge >= 0.3 is 0 Å². The number of aryl methyl sites for hydroxylation is 12. The van der Waals surface area contributed by atoms with E-state index in [0.29, 0.717) is 66.8 Å². The van der Waals surface area contributed by atoms with Gasteiger partial charge in [-0.25, -0.2) is 0 Å². The fourth-order valence-electron chi connectivity index (χ4n) is 11.9. The standard InChI is InChI=1S/C64H66O8/c1-33-21-45(13-17-53(33)65)57(46-14-18-54(66)34(2)22-46)63(49-15-19-55(67)35(3)27-49,50-16-20-56(68)36(4)28-50)64(51-29-41(9)61(71)42(10)30-51,52-31-43(11)62(72)44(12)32-52)58(47-23-37(5)59(69)38(6)24-47)48-25-39(7)60(70)40(8)26-48/h13-32,57-58,65-72H,1-12H3. The Hall–Kier alpha value is -7.84. The van der Waals surface area contributed by atoms with Crippen LogP contribution in [-0.2, 0) is 10.8 Å². The first-order chi connectivity index (χ1) is 33.9. The molecule has 72 heavy (non-hydrogen) atoms. The lowest BCUT2D eigenvalue weighted by atomic mass is 9.40. The Balaban J connectivity index is 1.89. The third kappa shape index (κ3) is 8.13. The number of benzene rings is 8. The maximum absolute atomic E-state index is 11.9. The number of phenols is 8. The number of hydrogen-bond acceptors (Lipinski definition) is 8. The molecule has 8 aromatic rings. The first-order valence-corrected chi connectivity index (χ1v) is 24.3. The van der Waals surface area contributed by atoms with Crippen LogP contribution in [0.25, 0.3) is 0 Å². The molecule has 0 radical (unpaired) electrons. The highest BCUT2D eigenvalue weighted by Crippen LogP contribution is 2.69. The van der Waals surface area contributed by atoms with Gasteiger partial charge in [0.2, 0.25) is 0 Å². The summed E-state index contributed by atoms with van der Waals surface area (Å²) in [6.07, 6.45) is 0. The summed E-state index contributed by atoms with van der Waals surface area (Å²) in [4.78, 5) is 0. The van der Waals surface area contributed by atoms with E-state index in [0.717, 1.165) is 44.5 Å². The molecule has 8 N–H and O–H groups in total. The molecular formula is C64H66O8. The second kappa shape index (κ2) is 18.7. The van der Waals surface area contributed by atoms with Crippen LogP contribution in [0.2, 0.25) is 0 Å². The minimum absolute atomic E-state index is 0.0661. The number of phenolic OH excluding ortho intramolecular Hbond substituents is 8. The first kappa shape index (κ1) is 50.5. The predicted octanol–water partition coefficient (Wildman–Crippen LogP) is 14.0. The number of hydrogen-bond donors (Lipinski definition) is 8. The zero-order valence-corrected chi connectivity index (χ0v) is 43.3. The highest BCUT2D eigenvalue weighted by atomic mass is 16.3. The van der Waals surface area contributed by atoms with E-state index >= 15 is 0 Å². The monoisotopic (exact) mass is 962 g/mol. The van der Waals surface area contributed by atoms with Gasteiger partial charge in [-0.3, -0.25) is 0 Å². The van der Waals surface area contributed by atoms with Gasteiger partial charge in [-0.1, -0.05) is 97.1 Å². The minimum atomic E-state index is -1.56. The van der Waals surface area contributed by atoms with E-state index in [9.17, 15) is 40.9 Å². The molecule has 370 valence electrons. The fourth-order valence-corrected chi connectivity index (χ4v) is 11.9. The maximum atomic E-state index is 11.9. The van der Waals surface area contributed by atoms with E-state index < -0.39 is 22.7 Å². The first-order valence-electron chi connectivity index (χ1n) is 24.3. The van der Waals surface area contributed by atoms with E-state index in [-0.39, 0.29) is 46.0 Å². The van der Waals surface area contributed by atoms with E-state index in [1.165, 1.54) is 0 Å². The summed E-state index contributed by atoms with van der Waals surface area (Å²) in [7, 11) is 0. The maximum Gasteiger partial charge on any atom is 0.121 e. The molecule has 0 aliphatic rings. The molecule has 0 saturated heterocycles. The van der Waals surface area contributed by atoms with Crippen molar-refractivity contribution in [2.24, 2.45) is 0 Å². The SMILES string of the molecule is Cc1cc(C(c2ccc(O)c(C)c2)C(c2ccc(O)c(C)c2)(c2ccc(O)c(C)c2)C(c2cc(C)c(O)c(C)c2)(c2cc(C)c(O)c(C)c2)C(c2cc(C)c(O)c(C)c2)c2cc(C)c(O)c(C)c2)ccc1O. The molecule has 0 heterocycles. The van der Waals surface area contributed by atoms with Crippen LogP contribution in [0.15, 0.2) is 121 Å². The lowest BCUT2D eigenvalue weighted by molar-refractivity contribution is 0.244. The molecule has 0 spiro atoms. The minimum Gasteiger partial charge on any atom is -0.508 e. The molecule has 8 nitrogen and oxygen atoms in total. The third-order valence-corrected chi connectivity index (χ3v) is 15.5. The van der Waals surface area contributed by atoms with Gasteiger partial charge in [-0.15, -0.1) is 0 Å². The summed E-state index contributed by atoms with van der Waals surface area (Å²) in [5.41, 5.74) is 10.1. The highest BCUT2D eigenvalue weighted by molar-refractivity contribution is 5.70. The van der Waals surface area contributed by atoms with Crippen molar-refractivity contribution in [3.63, 3.8) is 0 Å². The van der Waals surface area contributed by atoms with Gasteiger partial charge in [0.05, 0.1) is 0 Å². The van der Waals surface area contributed by atoms with Crippen LogP contribution < -0.4 is 0 Å². The molecular weight excluding hydrogens is 897 g/mol. The Labute approximate surface area is 423 Å². The van der Waals surface area contributed by atoms with Crippen molar-refractivity contribution in [3.8, 4) is 46.0 Å². The molecule has 0 fully saturated rings. The number of rotatable bonds is 11. The summed E-state index contributed by atoms with van der Waals surface area (Å²) >= 11 is 0. The van der Waals surface area contributed by atoms with Gasteiger partial charge < -0.3 is 40.9 Å². The molecule has 0 saturated carbocycles. The van der Waals surface area contributed by atoms with Crippen LogP contribution in [-0.4, -0.2) is 40.9 Å². The largest absolute Gasteiger partial charge is 0.508 e. The molecule has 8 aromatic carbocycles. The summed E-state index contributed by atoms with van der Waals surface area (Å²) in [6.45, 7) is 22.5. The molecule has 0 bridgehead atoms. The highest BCUT2D eigenvalue weighted by Gasteiger charge is 2.64. The van der Waals surface area contributed by atoms with E-state index in [4.69, 9.17) is 0 Å².